The van der Waals surface area contributed by atoms with E-state index in [9.17, 15) is 0 Å². The number of aromatic nitrogens is 3. The molecule has 0 saturated carbocycles. The second kappa shape index (κ2) is 11.8. The lowest BCUT2D eigenvalue weighted by atomic mass is 9.94. The zero-order valence-electron chi connectivity index (χ0n) is 26.7. The normalized spacial score (nSPS) is 11.6. The van der Waals surface area contributed by atoms with Crippen LogP contribution in [0.1, 0.15) is 0 Å². The molecule has 0 saturated heterocycles. The molecule has 0 atom stereocenters. The topological polar surface area (TPSA) is 38.7 Å². The van der Waals surface area contributed by atoms with E-state index in [0.717, 1.165) is 27.8 Å². The highest BCUT2D eigenvalue weighted by molar-refractivity contribution is 7.26. The predicted octanol–water partition coefficient (Wildman–Crippen LogP) is 12.9. The molecule has 0 aliphatic carbocycles. The highest BCUT2D eigenvalue weighted by Crippen LogP contribution is 2.44. The van der Waals surface area contributed by atoms with E-state index in [4.69, 9.17) is 15.0 Å². The van der Waals surface area contributed by atoms with Gasteiger partial charge in [-0.1, -0.05) is 133 Å². The van der Waals surface area contributed by atoms with E-state index in [1.165, 1.54) is 51.5 Å². The number of thiophene rings is 2. The first kappa shape index (κ1) is 29.0. The molecule has 10 rings (SSSR count). The molecule has 3 aromatic heterocycles. The maximum atomic E-state index is 5.15. The Morgan fingerprint density at radius 2 is 0.680 bits per heavy atom. The number of nitrogens with zero attached hydrogens (tertiary/aromatic N) is 3. The molecular formula is C45H27N3S2. The molecule has 0 spiro atoms. The van der Waals surface area contributed by atoms with Gasteiger partial charge in [0.2, 0.25) is 0 Å². The maximum Gasteiger partial charge on any atom is 0.164 e. The summed E-state index contributed by atoms with van der Waals surface area (Å²) < 4.78 is 5.14. The fourth-order valence-electron chi connectivity index (χ4n) is 6.95. The third-order valence-electron chi connectivity index (χ3n) is 9.32. The first-order valence-corrected chi connectivity index (χ1v) is 18.2. The van der Waals surface area contributed by atoms with Gasteiger partial charge in [0.25, 0.3) is 0 Å². The van der Waals surface area contributed by atoms with Crippen molar-refractivity contribution in [1.29, 1.82) is 0 Å². The van der Waals surface area contributed by atoms with Gasteiger partial charge in [0.15, 0.2) is 17.5 Å². The van der Waals surface area contributed by atoms with Crippen LogP contribution in [0.3, 0.4) is 0 Å². The number of rotatable bonds is 5. The average Bonchev–Trinajstić information content (AvgIpc) is 3.77. The summed E-state index contributed by atoms with van der Waals surface area (Å²) >= 11 is 3.70. The van der Waals surface area contributed by atoms with Gasteiger partial charge in [-0.2, -0.15) is 0 Å². The van der Waals surface area contributed by atoms with Gasteiger partial charge in [-0.25, -0.2) is 15.0 Å². The largest absolute Gasteiger partial charge is 0.208 e. The summed E-state index contributed by atoms with van der Waals surface area (Å²) in [5.74, 6) is 1.95. The summed E-state index contributed by atoms with van der Waals surface area (Å²) in [6, 6.07) is 57.9. The summed E-state index contributed by atoms with van der Waals surface area (Å²) in [5, 5.41) is 5.13. The van der Waals surface area contributed by atoms with Gasteiger partial charge in [-0.15, -0.1) is 22.7 Å². The fourth-order valence-corrected chi connectivity index (χ4v) is 9.43. The lowest BCUT2D eigenvalue weighted by molar-refractivity contribution is 1.07. The molecule has 10 aromatic rings. The van der Waals surface area contributed by atoms with Gasteiger partial charge in [0.05, 0.1) is 0 Å². The summed E-state index contributed by atoms with van der Waals surface area (Å²) in [4.78, 5) is 15.3. The van der Waals surface area contributed by atoms with Crippen molar-refractivity contribution in [2.45, 2.75) is 0 Å². The van der Waals surface area contributed by atoms with Gasteiger partial charge in [0, 0.05) is 57.0 Å². The number of hydrogen-bond acceptors (Lipinski definition) is 5. The van der Waals surface area contributed by atoms with Crippen LogP contribution in [0, 0.1) is 0 Å². The van der Waals surface area contributed by atoms with Crippen molar-refractivity contribution in [2.75, 3.05) is 0 Å². The van der Waals surface area contributed by atoms with Crippen molar-refractivity contribution in [2.24, 2.45) is 0 Å². The molecule has 0 unspecified atom stereocenters. The minimum absolute atomic E-state index is 0.646. The minimum Gasteiger partial charge on any atom is -0.208 e. The Balaban J connectivity index is 1.26. The Morgan fingerprint density at radius 1 is 0.300 bits per heavy atom. The lowest BCUT2D eigenvalue weighted by Crippen LogP contribution is -2.00. The van der Waals surface area contributed by atoms with Gasteiger partial charge in [-0.3, -0.25) is 0 Å². The van der Waals surface area contributed by atoms with Gasteiger partial charge >= 0.3 is 0 Å². The fraction of sp³-hybridized carbons (Fsp3) is 0. The standard InChI is InChI=1S/C45H27N3S2/c1-3-13-28(14-4-1)43-46-44(29-15-5-2-6-16-29)48-45(47-43)32-26-30(33-19-11-21-37-35-17-7-9-23-39(35)49-41(33)37)25-31(27-32)34-20-12-22-38-36-18-8-10-24-40(36)50-42(34)38/h1-27H. The third-order valence-corrected chi connectivity index (χ3v) is 11.8. The summed E-state index contributed by atoms with van der Waals surface area (Å²) in [7, 11) is 0. The summed E-state index contributed by atoms with van der Waals surface area (Å²) in [6.07, 6.45) is 0. The van der Waals surface area contributed by atoms with Crippen LogP contribution >= 0.6 is 22.7 Å². The zero-order chi connectivity index (χ0) is 33.0. The molecule has 7 aromatic carbocycles. The molecule has 0 aliphatic rings. The van der Waals surface area contributed by atoms with Crippen LogP contribution in [0.25, 0.3) is 96.8 Å². The quantitative estimate of drug-likeness (QED) is 0.182. The summed E-state index contributed by atoms with van der Waals surface area (Å²) in [5.41, 5.74) is 7.54. The van der Waals surface area contributed by atoms with E-state index in [1.54, 1.807) is 0 Å². The molecule has 0 radical (unpaired) electrons. The first-order valence-electron chi connectivity index (χ1n) is 16.6. The Kier molecular flexibility index (Phi) is 6.86. The van der Waals surface area contributed by atoms with Crippen molar-refractivity contribution >= 4 is 63.0 Å². The van der Waals surface area contributed by atoms with E-state index < -0.39 is 0 Å². The minimum atomic E-state index is 0.646. The molecule has 5 heteroatoms. The Hall–Kier alpha value is -6.01. The van der Waals surface area contributed by atoms with Crippen LogP contribution < -0.4 is 0 Å². The molecular weight excluding hydrogens is 647 g/mol. The average molecular weight is 674 g/mol. The van der Waals surface area contributed by atoms with Crippen molar-refractivity contribution in [3.05, 3.63) is 164 Å². The molecule has 0 fully saturated rings. The maximum absolute atomic E-state index is 5.15. The highest BCUT2D eigenvalue weighted by atomic mass is 32.1. The van der Waals surface area contributed by atoms with E-state index in [1.807, 2.05) is 59.1 Å². The summed E-state index contributed by atoms with van der Waals surface area (Å²) in [6.45, 7) is 0. The predicted molar refractivity (Wildman–Crippen MR) is 213 cm³/mol. The number of hydrogen-bond donors (Lipinski definition) is 0. The smallest absolute Gasteiger partial charge is 0.164 e. The van der Waals surface area contributed by atoms with Crippen molar-refractivity contribution in [3.8, 4) is 56.4 Å². The Morgan fingerprint density at radius 3 is 1.16 bits per heavy atom. The zero-order valence-corrected chi connectivity index (χ0v) is 28.4. The Bertz CT molecular complexity index is 2680. The number of fused-ring (bicyclic) bond motifs is 6. The van der Waals surface area contributed by atoms with Crippen molar-refractivity contribution in [1.82, 2.24) is 15.0 Å². The van der Waals surface area contributed by atoms with E-state index in [0.29, 0.717) is 17.5 Å². The van der Waals surface area contributed by atoms with Gasteiger partial charge in [0.1, 0.15) is 0 Å². The second-order valence-electron chi connectivity index (χ2n) is 12.4. The van der Waals surface area contributed by atoms with Crippen molar-refractivity contribution in [3.63, 3.8) is 0 Å². The van der Waals surface area contributed by atoms with Crippen LogP contribution in [-0.2, 0) is 0 Å². The molecule has 3 nitrogen and oxygen atoms in total. The van der Waals surface area contributed by atoms with E-state index >= 15 is 0 Å². The van der Waals surface area contributed by atoms with Crippen LogP contribution in [0.15, 0.2) is 164 Å². The van der Waals surface area contributed by atoms with Gasteiger partial charge < -0.3 is 0 Å². The van der Waals surface area contributed by atoms with Crippen molar-refractivity contribution < 1.29 is 0 Å². The number of benzene rings is 7. The molecule has 234 valence electrons. The monoisotopic (exact) mass is 673 g/mol. The Labute approximate surface area is 296 Å². The van der Waals surface area contributed by atoms with Crippen LogP contribution in [0.2, 0.25) is 0 Å². The van der Waals surface area contributed by atoms with Gasteiger partial charge in [-0.05, 0) is 52.6 Å². The first-order chi connectivity index (χ1) is 24.8. The molecule has 0 bridgehead atoms. The van der Waals surface area contributed by atoms with Crippen LogP contribution in [0.4, 0.5) is 0 Å². The lowest BCUT2D eigenvalue weighted by Gasteiger charge is -2.13. The third kappa shape index (κ3) is 4.90. The molecule has 3 heterocycles. The highest BCUT2D eigenvalue weighted by Gasteiger charge is 2.18. The second-order valence-corrected chi connectivity index (χ2v) is 14.5. The van der Waals surface area contributed by atoms with Crippen LogP contribution in [0.5, 0.6) is 0 Å². The van der Waals surface area contributed by atoms with E-state index in [2.05, 4.69) is 127 Å². The van der Waals surface area contributed by atoms with E-state index in [-0.39, 0.29) is 0 Å². The molecule has 50 heavy (non-hydrogen) atoms. The molecule has 0 N–H and O–H groups in total. The molecule has 0 aliphatic heterocycles. The van der Waals surface area contributed by atoms with Crippen LogP contribution in [-0.4, -0.2) is 15.0 Å². The SMILES string of the molecule is c1ccc(-c2nc(-c3ccccc3)nc(-c3cc(-c4cccc5c4sc4ccccc45)cc(-c4cccc5c4sc4ccccc45)c3)n2)cc1. The molecule has 0 amide bonds.